The molecule has 0 unspecified atom stereocenters. The highest BCUT2D eigenvalue weighted by Gasteiger charge is 2.16. The average Bonchev–Trinajstić information content (AvgIpc) is 2.29. The van der Waals surface area contributed by atoms with E-state index in [-0.39, 0.29) is 12.4 Å². The topological polar surface area (TPSA) is 157 Å². The number of nitrogen functional groups attached to an aromatic ring is 1. The van der Waals surface area contributed by atoms with Gasteiger partial charge in [0.15, 0.2) is 6.79 Å². The molecule has 0 saturated heterocycles. The van der Waals surface area contributed by atoms with Gasteiger partial charge in [0.1, 0.15) is 11.9 Å². The molecular formula is C8H14N3O7P. The van der Waals surface area contributed by atoms with Crippen molar-refractivity contribution in [3.05, 3.63) is 22.7 Å². The molecular weight excluding hydrogens is 281 g/mol. The van der Waals surface area contributed by atoms with Gasteiger partial charge in [-0.1, -0.05) is 0 Å². The molecule has 0 aliphatic rings. The van der Waals surface area contributed by atoms with Crippen LogP contribution in [0.3, 0.4) is 0 Å². The SMILES string of the molecule is Nc1ccn(C[C@@H](CO)OCOP(=O)(O)O)c(=O)n1. The van der Waals surface area contributed by atoms with E-state index in [1.807, 2.05) is 0 Å². The van der Waals surface area contributed by atoms with Crippen molar-refractivity contribution in [1.29, 1.82) is 0 Å². The maximum Gasteiger partial charge on any atom is 0.471 e. The van der Waals surface area contributed by atoms with Crippen molar-refractivity contribution in [3.63, 3.8) is 0 Å². The fraction of sp³-hybridized carbons (Fsp3) is 0.500. The van der Waals surface area contributed by atoms with Crippen LogP contribution in [0.2, 0.25) is 0 Å². The van der Waals surface area contributed by atoms with Gasteiger partial charge in [-0.3, -0.25) is 9.09 Å². The highest BCUT2D eigenvalue weighted by Crippen LogP contribution is 2.35. The van der Waals surface area contributed by atoms with Crippen LogP contribution in [0.4, 0.5) is 5.82 Å². The molecule has 11 heteroatoms. The molecule has 5 N–H and O–H groups in total. The average molecular weight is 295 g/mol. The van der Waals surface area contributed by atoms with E-state index >= 15 is 0 Å². The second-order valence-electron chi connectivity index (χ2n) is 3.50. The first kappa shape index (κ1) is 15.8. The second-order valence-corrected chi connectivity index (χ2v) is 4.74. The Morgan fingerprint density at radius 2 is 2.21 bits per heavy atom. The molecule has 1 aromatic heterocycles. The Labute approximate surface area is 107 Å². The quantitative estimate of drug-likeness (QED) is 0.339. The minimum atomic E-state index is -4.63. The minimum Gasteiger partial charge on any atom is -0.394 e. The largest absolute Gasteiger partial charge is 0.471 e. The Morgan fingerprint density at radius 3 is 2.74 bits per heavy atom. The predicted molar refractivity (Wildman–Crippen MR) is 62.9 cm³/mol. The molecule has 0 amide bonds. The highest BCUT2D eigenvalue weighted by molar-refractivity contribution is 7.46. The number of anilines is 1. The van der Waals surface area contributed by atoms with Crippen molar-refractivity contribution in [3.8, 4) is 0 Å². The second kappa shape index (κ2) is 6.75. The summed E-state index contributed by atoms with van der Waals surface area (Å²) >= 11 is 0. The Hall–Kier alpha value is -1.29. The van der Waals surface area contributed by atoms with Gasteiger partial charge in [0.25, 0.3) is 0 Å². The Kier molecular flexibility index (Phi) is 5.60. The van der Waals surface area contributed by atoms with Crippen molar-refractivity contribution in [2.45, 2.75) is 12.6 Å². The third kappa shape index (κ3) is 5.92. The summed E-state index contributed by atoms with van der Waals surface area (Å²) in [6.45, 7) is -1.25. The van der Waals surface area contributed by atoms with Gasteiger partial charge in [-0.05, 0) is 6.07 Å². The zero-order valence-corrected chi connectivity index (χ0v) is 10.6. The number of hydrogen-bond acceptors (Lipinski definition) is 7. The standard InChI is InChI=1S/C8H14N3O7P/c9-7-1-2-11(8(13)10-7)3-6(4-12)17-5-18-19(14,15)16/h1-2,6,12H,3-5H2,(H2,9,10,13)(H2,14,15,16)/t6-/m0/s1. The molecule has 0 fully saturated rings. The van der Waals surface area contributed by atoms with Gasteiger partial charge in [-0.2, -0.15) is 4.98 Å². The van der Waals surface area contributed by atoms with Crippen molar-refractivity contribution in [2.24, 2.45) is 0 Å². The lowest BCUT2D eigenvalue weighted by Gasteiger charge is -2.16. The lowest BCUT2D eigenvalue weighted by atomic mass is 10.3. The molecule has 0 aromatic carbocycles. The summed E-state index contributed by atoms with van der Waals surface area (Å²) < 4.78 is 20.5. The van der Waals surface area contributed by atoms with E-state index in [9.17, 15) is 9.36 Å². The number of aromatic nitrogens is 2. The summed E-state index contributed by atoms with van der Waals surface area (Å²) in [5, 5.41) is 9.03. The summed E-state index contributed by atoms with van der Waals surface area (Å²) in [5.41, 5.74) is 4.68. The molecule has 0 saturated carbocycles. The first-order chi connectivity index (χ1) is 8.81. The third-order valence-electron chi connectivity index (χ3n) is 2.02. The van der Waals surface area contributed by atoms with E-state index in [0.717, 1.165) is 4.57 Å². The molecule has 1 aromatic rings. The van der Waals surface area contributed by atoms with E-state index in [4.69, 9.17) is 25.4 Å². The van der Waals surface area contributed by atoms with Crippen LogP contribution in [0.25, 0.3) is 0 Å². The van der Waals surface area contributed by atoms with Gasteiger partial charge in [0.2, 0.25) is 0 Å². The molecule has 0 aliphatic heterocycles. The monoisotopic (exact) mass is 295 g/mol. The predicted octanol–water partition coefficient (Wildman–Crippen LogP) is -1.73. The Morgan fingerprint density at radius 1 is 1.53 bits per heavy atom. The van der Waals surface area contributed by atoms with Gasteiger partial charge >= 0.3 is 13.5 Å². The van der Waals surface area contributed by atoms with E-state index in [1.54, 1.807) is 0 Å². The van der Waals surface area contributed by atoms with Crippen LogP contribution < -0.4 is 11.4 Å². The van der Waals surface area contributed by atoms with E-state index in [2.05, 4.69) is 9.51 Å². The molecule has 1 rings (SSSR count). The smallest absolute Gasteiger partial charge is 0.394 e. The van der Waals surface area contributed by atoms with Crippen LogP contribution in [0.5, 0.6) is 0 Å². The van der Waals surface area contributed by atoms with Crippen LogP contribution in [-0.4, -0.2) is 43.9 Å². The number of phosphoric acid groups is 1. The van der Waals surface area contributed by atoms with E-state index in [0.29, 0.717) is 0 Å². The maximum atomic E-state index is 11.4. The van der Waals surface area contributed by atoms with Gasteiger partial charge in [-0.15, -0.1) is 0 Å². The van der Waals surface area contributed by atoms with Crippen LogP contribution in [0.15, 0.2) is 17.1 Å². The number of hydrogen-bond donors (Lipinski definition) is 4. The number of ether oxygens (including phenoxy) is 1. The van der Waals surface area contributed by atoms with Crippen LogP contribution in [0, 0.1) is 0 Å². The third-order valence-corrected chi connectivity index (χ3v) is 2.47. The fourth-order valence-corrected chi connectivity index (χ4v) is 1.36. The molecule has 1 atom stereocenters. The van der Waals surface area contributed by atoms with Crippen molar-refractivity contribution >= 4 is 13.6 Å². The number of nitrogens with two attached hydrogens (primary N) is 1. The summed E-state index contributed by atoms with van der Waals surface area (Å²) in [4.78, 5) is 31.7. The Balaban J connectivity index is 2.57. The van der Waals surface area contributed by atoms with Gasteiger partial charge < -0.3 is 25.4 Å². The molecule has 10 nitrogen and oxygen atoms in total. The van der Waals surface area contributed by atoms with Crippen LogP contribution >= 0.6 is 7.82 Å². The summed E-state index contributed by atoms with van der Waals surface area (Å²) in [5.74, 6) is 0.0625. The normalized spacial score (nSPS) is 13.4. The van der Waals surface area contributed by atoms with E-state index < -0.39 is 33.0 Å². The molecule has 108 valence electrons. The number of rotatable bonds is 7. The van der Waals surface area contributed by atoms with Gasteiger partial charge in [0.05, 0.1) is 13.2 Å². The lowest BCUT2D eigenvalue weighted by Crippen LogP contribution is -2.32. The number of aliphatic hydroxyl groups is 1. The molecule has 0 bridgehead atoms. The van der Waals surface area contributed by atoms with E-state index in [1.165, 1.54) is 12.3 Å². The number of nitrogens with zero attached hydrogens (tertiary/aromatic N) is 2. The highest BCUT2D eigenvalue weighted by atomic mass is 31.2. The zero-order chi connectivity index (χ0) is 14.5. The van der Waals surface area contributed by atoms with Crippen LogP contribution in [0.1, 0.15) is 0 Å². The van der Waals surface area contributed by atoms with Crippen molar-refractivity contribution in [2.75, 3.05) is 19.1 Å². The summed E-state index contributed by atoms with van der Waals surface area (Å²) in [7, 11) is -4.63. The van der Waals surface area contributed by atoms with Gasteiger partial charge in [-0.25, -0.2) is 9.36 Å². The minimum absolute atomic E-state index is 0.0624. The molecule has 0 radical (unpaired) electrons. The Bertz CT molecular complexity index is 513. The number of phosphoric ester groups is 1. The maximum absolute atomic E-state index is 11.4. The van der Waals surface area contributed by atoms with Crippen molar-refractivity contribution in [1.82, 2.24) is 9.55 Å². The van der Waals surface area contributed by atoms with Crippen molar-refractivity contribution < 1.29 is 28.7 Å². The first-order valence-corrected chi connectivity index (χ1v) is 6.60. The first-order valence-electron chi connectivity index (χ1n) is 5.07. The summed E-state index contributed by atoms with van der Waals surface area (Å²) in [6.07, 6.45) is 0.482. The summed E-state index contributed by atoms with van der Waals surface area (Å²) in [6, 6.07) is 1.39. The zero-order valence-electron chi connectivity index (χ0n) is 9.75. The van der Waals surface area contributed by atoms with Gasteiger partial charge in [0, 0.05) is 6.20 Å². The molecule has 0 spiro atoms. The van der Waals surface area contributed by atoms with Crippen LogP contribution in [-0.2, 0) is 20.4 Å². The number of aliphatic hydroxyl groups excluding tert-OH is 1. The lowest BCUT2D eigenvalue weighted by molar-refractivity contribution is -0.0718. The molecule has 0 aliphatic carbocycles. The molecule has 1 heterocycles. The molecule has 19 heavy (non-hydrogen) atoms. The fourth-order valence-electron chi connectivity index (χ4n) is 1.16.